The highest BCUT2D eigenvalue weighted by atomic mass is 16.6. The summed E-state index contributed by atoms with van der Waals surface area (Å²) in [6.07, 6.45) is 15.5. The molecule has 4 saturated carbocycles. The van der Waals surface area contributed by atoms with E-state index in [0.717, 1.165) is 48.3 Å². The van der Waals surface area contributed by atoms with Crippen molar-refractivity contribution in [2.75, 3.05) is 0 Å². The van der Waals surface area contributed by atoms with Gasteiger partial charge < -0.3 is 10.5 Å². The molecule has 0 saturated heterocycles. The fourth-order valence-corrected chi connectivity index (χ4v) is 9.51. The molecule has 4 rings (SSSR count). The monoisotopic (exact) mass is 431 g/mol. The van der Waals surface area contributed by atoms with Gasteiger partial charge in [0, 0.05) is 0 Å². The molecule has 1 amide bonds. The van der Waals surface area contributed by atoms with E-state index in [2.05, 4.69) is 34.6 Å². The fourth-order valence-electron chi connectivity index (χ4n) is 9.51. The van der Waals surface area contributed by atoms with Crippen LogP contribution in [0, 0.1) is 52.3 Å². The van der Waals surface area contributed by atoms with E-state index >= 15 is 0 Å². The molecule has 0 heterocycles. The topological polar surface area (TPSA) is 52.3 Å². The van der Waals surface area contributed by atoms with Crippen LogP contribution in [-0.2, 0) is 4.74 Å². The Balaban J connectivity index is 1.43. The van der Waals surface area contributed by atoms with Crippen molar-refractivity contribution >= 4 is 6.09 Å². The van der Waals surface area contributed by atoms with Crippen molar-refractivity contribution in [3.05, 3.63) is 0 Å². The lowest BCUT2D eigenvalue weighted by Crippen LogP contribution is -2.54. The van der Waals surface area contributed by atoms with Gasteiger partial charge in [-0.15, -0.1) is 0 Å². The lowest BCUT2D eigenvalue weighted by Gasteiger charge is -2.61. The number of amides is 1. The Morgan fingerprint density at radius 2 is 1.65 bits per heavy atom. The zero-order valence-corrected chi connectivity index (χ0v) is 21.0. The molecule has 0 aromatic rings. The van der Waals surface area contributed by atoms with E-state index in [4.69, 9.17) is 10.5 Å². The summed E-state index contributed by atoms with van der Waals surface area (Å²) in [7, 11) is 0. The summed E-state index contributed by atoms with van der Waals surface area (Å²) in [5, 5.41) is 0. The van der Waals surface area contributed by atoms with Crippen LogP contribution in [0.3, 0.4) is 0 Å². The molecule has 178 valence electrons. The van der Waals surface area contributed by atoms with Crippen LogP contribution in [0.2, 0.25) is 0 Å². The van der Waals surface area contributed by atoms with Crippen LogP contribution in [0.1, 0.15) is 112 Å². The number of primary amides is 1. The van der Waals surface area contributed by atoms with Crippen molar-refractivity contribution in [3.8, 4) is 0 Å². The largest absolute Gasteiger partial charge is 0.446 e. The Bertz CT molecular complexity index is 647. The van der Waals surface area contributed by atoms with Crippen molar-refractivity contribution in [3.63, 3.8) is 0 Å². The normalized spacial score (nSPS) is 45.5. The molecule has 0 bridgehead atoms. The molecule has 4 fully saturated rings. The molecule has 4 aliphatic rings. The standard InChI is InChI=1S/C28H49NO2/c1-18(2)7-6-8-19(3)23-11-12-24-22-10-9-20-17-21(31-26(29)30)13-15-27(20,4)25(22)14-16-28(23,24)5/h18-25H,6-17H2,1-5H3,(H2,29,30). The average molecular weight is 432 g/mol. The summed E-state index contributed by atoms with van der Waals surface area (Å²) >= 11 is 0. The van der Waals surface area contributed by atoms with Crippen molar-refractivity contribution in [2.24, 2.45) is 58.0 Å². The molecular formula is C28H49NO2. The van der Waals surface area contributed by atoms with Gasteiger partial charge in [0.05, 0.1) is 0 Å². The molecule has 9 unspecified atom stereocenters. The van der Waals surface area contributed by atoms with Gasteiger partial charge in [-0.2, -0.15) is 0 Å². The SMILES string of the molecule is CC(C)CCCC(C)C1CCC2C3CCC4CC(OC(N)=O)CCC4(C)C3CCC12C. The predicted molar refractivity (Wildman–Crippen MR) is 128 cm³/mol. The zero-order valence-electron chi connectivity index (χ0n) is 21.0. The number of fused-ring (bicyclic) bond motifs is 5. The van der Waals surface area contributed by atoms with E-state index in [9.17, 15) is 4.79 Å². The van der Waals surface area contributed by atoms with E-state index in [1.165, 1.54) is 64.2 Å². The van der Waals surface area contributed by atoms with Crippen molar-refractivity contribution in [2.45, 2.75) is 118 Å². The molecular weight excluding hydrogens is 382 g/mol. The second kappa shape index (κ2) is 8.90. The van der Waals surface area contributed by atoms with Gasteiger partial charge in [0.25, 0.3) is 0 Å². The summed E-state index contributed by atoms with van der Waals surface area (Å²) < 4.78 is 5.43. The quantitative estimate of drug-likeness (QED) is 0.471. The van der Waals surface area contributed by atoms with E-state index in [1.54, 1.807) is 0 Å². The minimum atomic E-state index is -0.588. The lowest BCUT2D eigenvalue weighted by molar-refractivity contribution is -0.129. The molecule has 0 aliphatic heterocycles. The van der Waals surface area contributed by atoms with E-state index < -0.39 is 6.09 Å². The molecule has 0 radical (unpaired) electrons. The number of carbonyl (C=O) groups is 1. The van der Waals surface area contributed by atoms with Gasteiger partial charge in [0.2, 0.25) is 0 Å². The molecule has 2 N–H and O–H groups in total. The first-order valence-corrected chi connectivity index (χ1v) is 13.6. The first kappa shape index (κ1) is 23.4. The van der Waals surface area contributed by atoms with E-state index in [-0.39, 0.29) is 6.10 Å². The maximum Gasteiger partial charge on any atom is 0.404 e. The minimum Gasteiger partial charge on any atom is -0.446 e. The van der Waals surface area contributed by atoms with Crippen molar-refractivity contribution in [1.82, 2.24) is 0 Å². The van der Waals surface area contributed by atoms with Crippen molar-refractivity contribution < 1.29 is 9.53 Å². The molecule has 31 heavy (non-hydrogen) atoms. The molecule has 3 nitrogen and oxygen atoms in total. The first-order chi connectivity index (χ1) is 14.6. The van der Waals surface area contributed by atoms with Crippen LogP contribution in [0.5, 0.6) is 0 Å². The number of hydrogen-bond acceptors (Lipinski definition) is 2. The molecule has 0 aromatic heterocycles. The third-order valence-electron chi connectivity index (χ3n) is 11.1. The maximum absolute atomic E-state index is 11.3. The van der Waals surface area contributed by atoms with Gasteiger partial charge in [0.1, 0.15) is 6.10 Å². The summed E-state index contributed by atoms with van der Waals surface area (Å²) in [6.45, 7) is 12.6. The zero-order chi connectivity index (χ0) is 22.4. The van der Waals surface area contributed by atoms with Crippen molar-refractivity contribution in [1.29, 1.82) is 0 Å². The second-order valence-electron chi connectivity index (χ2n) is 13.0. The molecule has 9 atom stereocenters. The maximum atomic E-state index is 11.3. The van der Waals surface area contributed by atoms with Crippen LogP contribution in [0.15, 0.2) is 0 Å². The number of nitrogens with two attached hydrogens (primary N) is 1. The van der Waals surface area contributed by atoms with E-state index in [1.807, 2.05) is 0 Å². The Hall–Kier alpha value is -0.730. The Labute approximate surface area is 191 Å². The second-order valence-corrected chi connectivity index (χ2v) is 13.0. The number of hydrogen-bond donors (Lipinski definition) is 1. The first-order valence-electron chi connectivity index (χ1n) is 13.6. The molecule has 4 aliphatic carbocycles. The van der Waals surface area contributed by atoms with Gasteiger partial charge >= 0.3 is 6.09 Å². The van der Waals surface area contributed by atoms with Crippen LogP contribution in [-0.4, -0.2) is 12.2 Å². The Morgan fingerprint density at radius 1 is 0.935 bits per heavy atom. The van der Waals surface area contributed by atoms with E-state index in [0.29, 0.717) is 16.7 Å². The Morgan fingerprint density at radius 3 is 2.35 bits per heavy atom. The molecule has 0 aromatic carbocycles. The summed E-state index contributed by atoms with van der Waals surface area (Å²) in [4.78, 5) is 11.3. The highest BCUT2D eigenvalue weighted by Gasteiger charge is 2.60. The molecule has 0 spiro atoms. The highest BCUT2D eigenvalue weighted by Crippen LogP contribution is 2.68. The van der Waals surface area contributed by atoms with Crippen LogP contribution in [0.25, 0.3) is 0 Å². The third-order valence-corrected chi connectivity index (χ3v) is 11.1. The van der Waals surface area contributed by atoms with Crippen LogP contribution < -0.4 is 5.73 Å². The predicted octanol–water partition coefficient (Wildman–Crippen LogP) is 7.57. The van der Waals surface area contributed by atoms with Gasteiger partial charge in [-0.05, 0) is 110 Å². The minimum absolute atomic E-state index is 0.0588. The number of ether oxygens (including phenoxy) is 1. The van der Waals surface area contributed by atoms with Crippen LogP contribution in [0.4, 0.5) is 4.79 Å². The summed E-state index contributed by atoms with van der Waals surface area (Å²) in [5.74, 6) is 6.14. The number of carbonyl (C=O) groups excluding carboxylic acids is 1. The van der Waals surface area contributed by atoms with Crippen LogP contribution >= 0.6 is 0 Å². The summed E-state index contributed by atoms with van der Waals surface area (Å²) in [6, 6.07) is 0. The van der Waals surface area contributed by atoms with Gasteiger partial charge in [-0.25, -0.2) is 4.79 Å². The summed E-state index contributed by atoms with van der Waals surface area (Å²) in [5.41, 5.74) is 6.35. The van der Waals surface area contributed by atoms with Gasteiger partial charge in [0.15, 0.2) is 0 Å². The third kappa shape index (κ3) is 4.29. The Kier molecular flexibility index (Phi) is 6.73. The highest BCUT2D eigenvalue weighted by molar-refractivity contribution is 5.64. The van der Waals surface area contributed by atoms with Gasteiger partial charge in [-0.3, -0.25) is 0 Å². The lowest BCUT2D eigenvalue weighted by atomic mass is 9.44. The van der Waals surface area contributed by atoms with Gasteiger partial charge in [-0.1, -0.05) is 53.9 Å². The molecule has 3 heteroatoms. The number of rotatable bonds is 6. The fraction of sp³-hybridized carbons (Fsp3) is 0.964. The smallest absolute Gasteiger partial charge is 0.404 e. The average Bonchev–Trinajstić information content (AvgIpc) is 3.05.